The van der Waals surface area contributed by atoms with Crippen LogP contribution in [0.2, 0.25) is 0 Å². The number of non-ortho nitro benzene ring substituents is 1. The highest BCUT2D eigenvalue weighted by atomic mass is 79.9. The first kappa shape index (κ1) is 14.9. The fourth-order valence-electron chi connectivity index (χ4n) is 1.56. The normalized spacial score (nSPS) is 10.5. The van der Waals surface area contributed by atoms with Gasteiger partial charge in [0.15, 0.2) is 0 Å². The summed E-state index contributed by atoms with van der Waals surface area (Å²) in [5.41, 5.74) is 0.524. The predicted octanol–water partition coefficient (Wildman–Crippen LogP) is 3.98. The largest absolute Gasteiger partial charge is 0.423 e. The topological polar surface area (TPSA) is 69.4 Å². The zero-order chi connectivity index (χ0) is 15.2. The average molecular weight is 348 g/mol. The molecule has 0 radical (unpaired) electrons. The van der Waals surface area contributed by atoms with E-state index >= 15 is 0 Å². The molecular weight excluding hydrogens is 338 g/mol. The monoisotopic (exact) mass is 347 g/mol. The van der Waals surface area contributed by atoms with Gasteiger partial charge in [0.1, 0.15) is 5.75 Å². The van der Waals surface area contributed by atoms with Crippen LogP contribution in [0, 0.1) is 10.1 Å². The first-order valence-corrected chi connectivity index (χ1v) is 6.74. The average Bonchev–Trinajstić information content (AvgIpc) is 2.48. The van der Waals surface area contributed by atoms with Crippen molar-refractivity contribution in [3.8, 4) is 5.75 Å². The van der Waals surface area contributed by atoms with Gasteiger partial charge in [0.2, 0.25) is 0 Å². The number of nitrogens with zero attached hydrogens (tertiary/aromatic N) is 1. The number of esters is 1. The Morgan fingerprint density at radius 3 is 2.57 bits per heavy atom. The van der Waals surface area contributed by atoms with Crippen LogP contribution in [0.4, 0.5) is 5.69 Å². The lowest BCUT2D eigenvalue weighted by molar-refractivity contribution is -0.384. The standard InChI is InChI=1S/C15H10BrNO4/c16-12-5-7-14(8-6-12)21-15(18)9-4-11-2-1-3-13(10-11)17(19)20/h1-10H/b9-4+. The maximum absolute atomic E-state index is 11.6. The molecule has 6 heteroatoms. The van der Waals surface area contributed by atoms with Crippen LogP contribution in [0.3, 0.4) is 0 Å². The summed E-state index contributed by atoms with van der Waals surface area (Å²) in [6.07, 6.45) is 2.69. The van der Waals surface area contributed by atoms with Crippen molar-refractivity contribution in [2.24, 2.45) is 0 Å². The first-order chi connectivity index (χ1) is 10.0. The smallest absolute Gasteiger partial charge is 0.336 e. The Morgan fingerprint density at radius 2 is 1.90 bits per heavy atom. The van der Waals surface area contributed by atoms with Crippen molar-refractivity contribution < 1.29 is 14.5 Å². The van der Waals surface area contributed by atoms with Crippen LogP contribution < -0.4 is 4.74 Å². The van der Waals surface area contributed by atoms with Gasteiger partial charge in [-0.3, -0.25) is 10.1 Å². The zero-order valence-electron chi connectivity index (χ0n) is 10.7. The van der Waals surface area contributed by atoms with Crippen molar-refractivity contribution in [1.29, 1.82) is 0 Å². The molecule has 0 fully saturated rings. The molecule has 0 amide bonds. The summed E-state index contributed by atoms with van der Waals surface area (Å²) in [6.45, 7) is 0. The number of hydrogen-bond acceptors (Lipinski definition) is 4. The van der Waals surface area contributed by atoms with E-state index in [-0.39, 0.29) is 5.69 Å². The molecule has 0 saturated carbocycles. The minimum absolute atomic E-state index is 0.0292. The number of nitro benzene ring substituents is 1. The van der Waals surface area contributed by atoms with Crippen LogP contribution in [0.5, 0.6) is 5.75 Å². The lowest BCUT2D eigenvalue weighted by Crippen LogP contribution is -2.03. The molecule has 0 aliphatic heterocycles. The maximum Gasteiger partial charge on any atom is 0.336 e. The lowest BCUT2D eigenvalue weighted by atomic mass is 10.2. The fourth-order valence-corrected chi connectivity index (χ4v) is 1.82. The van der Waals surface area contributed by atoms with Gasteiger partial charge in [-0.05, 0) is 35.9 Å². The molecule has 0 spiro atoms. The lowest BCUT2D eigenvalue weighted by Gasteiger charge is -2.00. The van der Waals surface area contributed by atoms with Gasteiger partial charge < -0.3 is 4.74 Å². The highest BCUT2D eigenvalue weighted by Crippen LogP contribution is 2.17. The van der Waals surface area contributed by atoms with Crippen molar-refractivity contribution in [1.82, 2.24) is 0 Å². The summed E-state index contributed by atoms with van der Waals surface area (Å²) >= 11 is 3.28. The quantitative estimate of drug-likeness (QED) is 0.276. The molecule has 21 heavy (non-hydrogen) atoms. The number of ether oxygens (including phenoxy) is 1. The Hall–Kier alpha value is -2.47. The Balaban J connectivity index is 2.03. The number of hydrogen-bond donors (Lipinski definition) is 0. The molecule has 0 aliphatic rings. The van der Waals surface area contributed by atoms with Crippen molar-refractivity contribution >= 4 is 33.7 Å². The third-order valence-electron chi connectivity index (χ3n) is 2.52. The number of halogens is 1. The summed E-state index contributed by atoms with van der Waals surface area (Å²) in [5.74, 6) is -0.129. The number of rotatable bonds is 4. The number of nitro groups is 1. The highest BCUT2D eigenvalue weighted by Gasteiger charge is 2.05. The number of benzene rings is 2. The van der Waals surface area contributed by atoms with E-state index in [0.717, 1.165) is 4.47 Å². The fraction of sp³-hybridized carbons (Fsp3) is 0. The van der Waals surface area contributed by atoms with Gasteiger partial charge in [-0.25, -0.2) is 4.79 Å². The zero-order valence-corrected chi connectivity index (χ0v) is 12.3. The summed E-state index contributed by atoms with van der Waals surface area (Å²) in [7, 11) is 0. The Morgan fingerprint density at radius 1 is 1.19 bits per heavy atom. The molecular formula is C15H10BrNO4. The third kappa shape index (κ3) is 4.54. The molecule has 0 unspecified atom stereocenters. The van der Waals surface area contributed by atoms with Gasteiger partial charge in [-0.1, -0.05) is 28.1 Å². The van der Waals surface area contributed by atoms with Crippen LogP contribution in [0.1, 0.15) is 5.56 Å². The van der Waals surface area contributed by atoms with E-state index in [0.29, 0.717) is 11.3 Å². The molecule has 0 atom stereocenters. The minimum Gasteiger partial charge on any atom is -0.423 e. The molecule has 0 N–H and O–H groups in total. The molecule has 0 aliphatic carbocycles. The van der Waals surface area contributed by atoms with Crippen LogP contribution in [0.15, 0.2) is 59.1 Å². The van der Waals surface area contributed by atoms with Crippen LogP contribution >= 0.6 is 15.9 Å². The van der Waals surface area contributed by atoms with E-state index in [1.807, 2.05) is 0 Å². The van der Waals surface area contributed by atoms with Crippen molar-refractivity contribution in [3.05, 3.63) is 74.8 Å². The maximum atomic E-state index is 11.6. The molecule has 2 aromatic rings. The van der Waals surface area contributed by atoms with Crippen LogP contribution in [-0.4, -0.2) is 10.9 Å². The van der Waals surface area contributed by atoms with E-state index in [1.54, 1.807) is 36.4 Å². The SMILES string of the molecule is O=C(/C=C/c1cccc([N+](=O)[O-])c1)Oc1ccc(Br)cc1. The van der Waals surface area contributed by atoms with Crippen LogP contribution in [0.25, 0.3) is 6.08 Å². The molecule has 2 aromatic carbocycles. The summed E-state index contributed by atoms with van der Waals surface area (Å²) in [6, 6.07) is 12.8. The molecule has 2 rings (SSSR count). The predicted molar refractivity (Wildman–Crippen MR) is 81.9 cm³/mol. The van der Waals surface area contributed by atoms with Gasteiger partial charge in [0, 0.05) is 22.7 Å². The molecule has 0 bridgehead atoms. The first-order valence-electron chi connectivity index (χ1n) is 5.94. The van der Waals surface area contributed by atoms with Gasteiger partial charge in [0.05, 0.1) is 4.92 Å². The molecule has 5 nitrogen and oxygen atoms in total. The Bertz CT molecular complexity index is 695. The second-order valence-corrected chi connectivity index (χ2v) is 4.98. The number of carbonyl (C=O) groups is 1. The second kappa shape index (κ2) is 6.81. The molecule has 0 saturated heterocycles. The van der Waals surface area contributed by atoms with Crippen LogP contribution in [-0.2, 0) is 4.79 Å². The van der Waals surface area contributed by atoms with Gasteiger partial charge >= 0.3 is 5.97 Å². The Kier molecular flexibility index (Phi) is 4.84. The second-order valence-electron chi connectivity index (χ2n) is 4.06. The van der Waals surface area contributed by atoms with Crippen molar-refractivity contribution in [2.75, 3.05) is 0 Å². The van der Waals surface area contributed by atoms with Gasteiger partial charge in [-0.2, -0.15) is 0 Å². The minimum atomic E-state index is -0.552. The van der Waals surface area contributed by atoms with E-state index in [1.165, 1.54) is 24.3 Å². The highest BCUT2D eigenvalue weighted by molar-refractivity contribution is 9.10. The number of carbonyl (C=O) groups excluding carboxylic acids is 1. The van der Waals surface area contributed by atoms with Gasteiger partial charge in [0.25, 0.3) is 5.69 Å². The van der Waals surface area contributed by atoms with Crippen molar-refractivity contribution in [3.63, 3.8) is 0 Å². The molecule has 0 heterocycles. The summed E-state index contributed by atoms with van der Waals surface area (Å²) in [4.78, 5) is 21.8. The van der Waals surface area contributed by atoms with E-state index in [2.05, 4.69) is 15.9 Å². The molecule has 0 aromatic heterocycles. The van der Waals surface area contributed by atoms with E-state index in [9.17, 15) is 14.9 Å². The molecule has 106 valence electrons. The summed E-state index contributed by atoms with van der Waals surface area (Å²) < 4.78 is 5.97. The van der Waals surface area contributed by atoms with E-state index in [4.69, 9.17) is 4.74 Å². The Labute approximate surface area is 129 Å². The third-order valence-corrected chi connectivity index (χ3v) is 3.05. The van der Waals surface area contributed by atoms with Gasteiger partial charge in [-0.15, -0.1) is 0 Å². The van der Waals surface area contributed by atoms with E-state index < -0.39 is 10.9 Å². The van der Waals surface area contributed by atoms with Crippen molar-refractivity contribution in [2.45, 2.75) is 0 Å². The summed E-state index contributed by atoms with van der Waals surface area (Å²) in [5, 5.41) is 10.6.